The van der Waals surface area contributed by atoms with Crippen LogP contribution in [0.4, 0.5) is 33.6 Å². The minimum absolute atomic E-state index is 0.251. The average Bonchev–Trinajstić information content (AvgIpc) is 2.87. The molecule has 0 aliphatic carbocycles. The summed E-state index contributed by atoms with van der Waals surface area (Å²) in [6.45, 7) is 5.72. The van der Waals surface area contributed by atoms with E-state index in [4.69, 9.17) is 16.3 Å². The van der Waals surface area contributed by atoms with Crippen molar-refractivity contribution in [3.05, 3.63) is 71.4 Å². The van der Waals surface area contributed by atoms with Crippen LogP contribution in [0.3, 0.4) is 0 Å². The summed E-state index contributed by atoms with van der Waals surface area (Å²) in [5.74, 6) is 1.05. The van der Waals surface area contributed by atoms with Gasteiger partial charge in [-0.3, -0.25) is 14.6 Å². The Morgan fingerprint density at radius 3 is 2.71 bits per heavy atom. The van der Waals surface area contributed by atoms with Gasteiger partial charge in [0.2, 0.25) is 11.9 Å². The van der Waals surface area contributed by atoms with Crippen LogP contribution in [0.25, 0.3) is 0 Å². The monoisotopic (exact) mass is 492 g/mol. The molecule has 0 unspecified atom stereocenters. The van der Waals surface area contributed by atoms with E-state index < -0.39 is 0 Å². The van der Waals surface area contributed by atoms with E-state index in [2.05, 4.69) is 27.2 Å². The number of carbonyl (C=O) groups is 2. The number of fused-ring (bicyclic) bond motifs is 1. The first-order chi connectivity index (χ1) is 16.9. The molecular weight excluding hydrogens is 468 g/mol. The molecule has 1 aromatic heterocycles. The molecule has 0 saturated heterocycles. The van der Waals surface area contributed by atoms with Crippen LogP contribution in [0, 0.1) is 0 Å². The summed E-state index contributed by atoms with van der Waals surface area (Å²) in [6, 6.07) is 10.5. The fraction of sp³-hybridized carbons (Fsp3) is 0.200. The lowest BCUT2D eigenvalue weighted by molar-refractivity contribution is -0.111. The van der Waals surface area contributed by atoms with Crippen LogP contribution < -0.4 is 25.2 Å². The van der Waals surface area contributed by atoms with E-state index in [0.29, 0.717) is 40.1 Å². The lowest BCUT2D eigenvalue weighted by atomic mass is 10.1. The second-order valence-electron chi connectivity index (χ2n) is 7.81. The number of nitrogens with one attached hydrogen (secondary N) is 2. The van der Waals surface area contributed by atoms with Gasteiger partial charge >= 0.3 is 6.03 Å². The molecule has 3 amide bonds. The van der Waals surface area contributed by atoms with Crippen molar-refractivity contribution in [3.63, 3.8) is 0 Å². The number of ether oxygens (including phenoxy) is 1. The molecular formula is C25H25ClN6O3. The predicted octanol–water partition coefficient (Wildman–Crippen LogP) is 5.15. The molecule has 2 heterocycles. The molecule has 9 nitrogen and oxygen atoms in total. The Morgan fingerprint density at radius 1 is 1.29 bits per heavy atom. The lowest BCUT2D eigenvalue weighted by Crippen LogP contribution is -2.46. The lowest BCUT2D eigenvalue weighted by Gasteiger charge is -2.34. The summed E-state index contributed by atoms with van der Waals surface area (Å²) in [6.07, 6.45) is 3.56. The second kappa shape index (κ2) is 10.0. The minimum Gasteiger partial charge on any atom is -0.497 e. The van der Waals surface area contributed by atoms with E-state index in [1.807, 2.05) is 19.1 Å². The van der Waals surface area contributed by atoms with E-state index in [1.54, 1.807) is 49.5 Å². The zero-order chi connectivity index (χ0) is 25.1. The third-order valence-electron chi connectivity index (χ3n) is 5.63. The molecule has 4 rings (SSSR count). The number of anilines is 5. The molecule has 2 N–H and O–H groups in total. The van der Waals surface area contributed by atoms with Crippen LogP contribution >= 0.6 is 11.6 Å². The van der Waals surface area contributed by atoms with Crippen molar-refractivity contribution < 1.29 is 14.3 Å². The third-order valence-corrected chi connectivity index (χ3v) is 6.07. The van der Waals surface area contributed by atoms with Crippen LogP contribution in [0.2, 0.25) is 5.02 Å². The van der Waals surface area contributed by atoms with E-state index >= 15 is 0 Å². The minimum atomic E-state index is -0.335. The number of aromatic nitrogens is 2. The highest BCUT2D eigenvalue weighted by molar-refractivity contribution is 6.35. The van der Waals surface area contributed by atoms with Crippen molar-refractivity contribution >= 4 is 52.4 Å². The Kier molecular flexibility index (Phi) is 6.88. The van der Waals surface area contributed by atoms with Gasteiger partial charge in [0.25, 0.3) is 0 Å². The number of rotatable bonds is 7. The van der Waals surface area contributed by atoms with Gasteiger partial charge < -0.3 is 15.4 Å². The molecule has 2 aromatic carbocycles. The number of benzene rings is 2. The molecule has 0 fully saturated rings. The van der Waals surface area contributed by atoms with Crippen molar-refractivity contribution in [2.45, 2.75) is 19.9 Å². The third kappa shape index (κ3) is 4.76. The van der Waals surface area contributed by atoms with Gasteiger partial charge in [-0.2, -0.15) is 4.98 Å². The zero-order valence-electron chi connectivity index (χ0n) is 19.6. The van der Waals surface area contributed by atoms with Gasteiger partial charge in [-0.15, -0.1) is 0 Å². The van der Waals surface area contributed by atoms with Crippen LogP contribution in [-0.4, -0.2) is 36.1 Å². The van der Waals surface area contributed by atoms with Crippen molar-refractivity contribution in [3.8, 4) is 5.75 Å². The Morgan fingerprint density at radius 2 is 2.03 bits per heavy atom. The smallest absolute Gasteiger partial charge is 0.330 e. The SMILES string of the molecule is C=CC(=O)Nc1ccccc1Nc1ncc2c(n1)N(C)C(=O)N(c1cc(OC)cc(CC)c1Cl)C2. The topological polar surface area (TPSA) is 99.7 Å². The summed E-state index contributed by atoms with van der Waals surface area (Å²) < 4.78 is 5.41. The normalized spacial score (nSPS) is 12.7. The number of amides is 3. The molecule has 1 aliphatic rings. The van der Waals surface area contributed by atoms with Crippen molar-refractivity contribution in [2.24, 2.45) is 0 Å². The standard InChI is InChI=1S/C25H25ClN6O3/c1-5-15-11-17(35-4)12-20(22(15)26)32-14-16-13-27-24(30-23(16)31(3)25(32)34)29-19-10-8-7-9-18(19)28-21(33)6-2/h6-13H,2,5,14H2,1,3-4H3,(H,28,33)(H,27,29,30). The van der Waals surface area contributed by atoms with Crippen molar-refractivity contribution in [2.75, 3.05) is 34.6 Å². The maximum atomic E-state index is 13.3. The van der Waals surface area contributed by atoms with E-state index in [-0.39, 0.29) is 24.4 Å². The summed E-state index contributed by atoms with van der Waals surface area (Å²) in [5.41, 5.74) is 3.36. The van der Waals surface area contributed by atoms with Crippen molar-refractivity contribution in [1.82, 2.24) is 9.97 Å². The van der Waals surface area contributed by atoms with Crippen molar-refractivity contribution in [1.29, 1.82) is 0 Å². The number of urea groups is 1. The fourth-order valence-electron chi connectivity index (χ4n) is 3.77. The molecule has 0 radical (unpaired) electrons. The number of hydrogen-bond donors (Lipinski definition) is 2. The number of hydrogen-bond acceptors (Lipinski definition) is 6. The molecule has 3 aromatic rings. The number of aryl methyl sites for hydroxylation is 1. The van der Waals surface area contributed by atoms with Crippen LogP contribution in [0.15, 0.2) is 55.3 Å². The van der Waals surface area contributed by atoms with E-state index in [9.17, 15) is 9.59 Å². The van der Waals surface area contributed by atoms with Gasteiger partial charge in [0.1, 0.15) is 11.6 Å². The van der Waals surface area contributed by atoms with Crippen LogP contribution in [-0.2, 0) is 17.8 Å². The summed E-state index contributed by atoms with van der Waals surface area (Å²) in [5, 5.41) is 6.36. The van der Waals surface area contributed by atoms with Gasteiger partial charge in [0, 0.05) is 24.9 Å². The molecule has 0 bridgehead atoms. The van der Waals surface area contributed by atoms with E-state index in [0.717, 1.165) is 11.1 Å². The summed E-state index contributed by atoms with van der Waals surface area (Å²) in [4.78, 5) is 37.1. The van der Waals surface area contributed by atoms with E-state index in [1.165, 1.54) is 11.0 Å². The number of para-hydroxylation sites is 2. The Labute approximate surface area is 208 Å². The summed E-state index contributed by atoms with van der Waals surface area (Å²) >= 11 is 6.64. The molecule has 10 heteroatoms. The molecule has 0 spiro atoms. The number of halogens is 1. The maximum Gasteiger partial charge on any atom is 0.330 e. The van der Waals surface area contributed by atoms with Crippen LogP contribution in [0.1, 0.15) is 18.1 Å². The quantitative estimate of drug-likeness (QED) is 0.443. The van der Waals surface area contributed by atoms with Gasteiger partial charge in [0.15, 0.2) is 0 Å². The summed E-state index contributed by atoms with van der Waals surface area (Å²) in [7, 11) is 3.23. The first-order valence-electron chi connectivity index (χ1n) is 10.9. The predicted molar refractivity (Wildman–Crippen MR) is 138 cm³/mol. The van der Waals surface area contributed by atoms with Gasteiger partial charge in [0.05, 0.1) is 35.7 Å². The second-order valence-corrected chi connectivity index (χ2v) is 8.19. The van der Waals surface area contributed by atoms with Gasteiger partial charge in [-0.1, -0.05) is 37.2 Å². The highest BCUT2D eigenvalue weighted by Crippen LogP contribution is 2.38. The molecule has 35 heavy (non-hydrogen) atoms. The Balaban J connectivity index is 1.65. The fourth-order valence-corrected chi connectivity index (χ4v) is 4.12. The zero-order valence-corrected chi connectivity index (χ0v) is 20.4. The highest BCUT2D eigenvalue weighted by atomic mass is 35.5. The molecule has 0 saturated carbocycles. The largest absolute Gasteiger partial charge is 0.497 e. The average molecular weight is 493 g/mol. The first kappa shape index (κ1) is 24.0. The molecule has 180 valence electrons. The van der Waals surface area contributed by atoms with Crippen LogP contribution in [0.5, 0.6) is 5.75 Å². The number of nitrogens with zero attached hydrogens (tertiary/aromatic N) is 4. The van der Waals surface area contributed by atoms with Gasteiger partial charge in [-0.25, -0.2) is 9.78 Å². The number of methoxy groups -OCH3 is 1. The highest BCUT2D eigenvalue weighted by Gasteiger charge is 2.32. The van der Waals surface area contributed by atoms with Gasteiger partial charge in [-0.05, 0) is 36.3 Å². The molecule has 1 aliphatic heterocycles. The maximum absolute atomic E-state index is 13.3. The Hall–Kier alpha value is -4.11. The Bertz CT molecular complexity index is 1310. The first-order valence-corrected chi connectivity index (χ1v) is 11.3. The molecule has 0 atom stereocenters. The number of carbonyl (C=O) groups excluding carboxylic acids is 2.